The predicted molar refractivity (Wildman–Crippen MR) is 85.1 cm³/mol. The molecule has 0 aromatic rings. The van der Waals surface area contributed by atoms with E-state index < -0.39 is 53.4 Å². The van der Waals surface area contributed by atoms with Crippen LogP contribution in [0.1, 0.15) is 33.1 Å². The van der Waals surface area contributed by atoms with Gasteiger partial charge in [-0.1, -0.05) is 13.5 Å². The number of aliphatic hydroxyl groups is 2. The molecule has 2 saturated carbocycles. The van der Waals surface area contributed by atoms with Crippen molar-refractivity contribution in [1.82, 2.24) is 0 Å². The lowest BCUT2D eigenvalue weighted by Crippen LogP contribution is -2.60. The van der Waals surface area contributed by atoms with Crippen molar-refractivity contribution in [3.63, 3.8) is 0 Å². The number of Topliss-reactive ketones (excluding diaryl/α,β-unsaturated/α-hetero) is 1. The van der Waals surface area contributed by atoms with Crippen molar-refractivity contribution in [2.24, 2.45) is 23.2 Å². The largest absolute Gasteiger partial charge is 0.461 e. The second kappa shape index (κ2) is 6.21. The van der Waals surface area contributed by atoms with Crippen LogP contribution in [0.25, 0.3) is 0 Å². The zero-order valence-corrected chi connectivity index (χ0v) is 14.4. The molecule has 1 unspecified atom stereocenters. The Labute approximate surface area is 146 Å². The molecule has 3 fully saturated rings. The van der Waals surface area contributed by atoms with Gasteiger partial charge in [0.25, 0.3) is 0 Å². The van der Waals surface area contributed by atoms with E-state index in [0.29, 0.717) is 6.42 Å². The van der Waals surface area contributed by atoms with Gasteiger partial charge in [0, 0.05) is 17.4 Å². The Hall–Kier alpha value is -1.73. The summed E-state index contributed by atoms with van der Waals surface area (Å²) in [6.45, 7) is 6.72. The Balaban J connectivity index is 1.96. The number of rotatable bonds is 3. The molecule has 0 aromatic heterocycles. The van der Waals surface area contributed by atoms with Gasteiger partial charge >= 0.3 is 11.9 Å². The maximum Gasteiger partial charge on any atom is 0.334 e. The van der Waals surface area contributed by atoms with Crippen LogP contribution in [-0.4, -0.2) is 52.9 Å². The van der Waals surface area contributed by atoms with Gasteiger partial charge in [0.1, 0.15) is 18.0 Å². The number of ether oxygens (including phenoxy) is 2. The third-order valence-corrected chi connectivity index (χ3v) is 6.06. The van der Waals surface area contributed by atoms with Crippen LogP contribution in [0.4, 0.5) is 0 Å². The monoisotopic (exact) mass is 352 g/mol. The second-order valence-electron chi connectivity index (χ2n) is 7.69. The van der Waals surface area contributed by atoms with E-state index in [1.165, 1.54) is 6.92 Å². The molecule has 2 N–H and O–H groups in total. The highest BCUT2D eigenvalue weighted by Crippen LogP contribution is 2.55. The van der Waals surface area contributed by atoms with Gasteiger partial charge in [-0.15, -0.1) is 0 Å². The number of carbonyl (C=O) groups is 3. The molecule has 1 aliphatic heterocycles. The Bertz CT molecular complexity index is 627. The first-order valence-electron chi connectivity index (χ1n) is 8.62. The van der Waals surface area contributed by atoms with Crippen LogP contribution < -0.4 is 0 Å². The van der Waals surface area contributed by atoms with Crippen molar-refractivity contribution in [1.29, 1.82) is 0 Å². The normalized spacial score (nSPS) is 41.6. The smallest absolute Gasteiger partial charge is 0.334 e. The highest BCUT2D eigenvalue weighted by molar-refractivity contribution is 5.93. The third-order valence-electron chi connectivity index (χ3n) is 6.06. The summed E-state index contributed by atoms with van der Waals surface area (Å²) in [5, 5.41) is 19.7. The van der Waals surface area contributed by atoms with E-state index in [4.69, 9.17) is 14.6 Å². The van der Waals surface area contributed by atoms with Gasteiger partial charge in [-0.05, 0) is 19.8 Å². The summed E-state index contributed by atoms with van der Waals surface area (Å²) in [5.41, 5.74) is -0.649. The number of ketones is 1. The Kier molecular flexibility index (Phi) is 4.49. The van der Waals surface area contributed by atoms with E-state index in [0.717, 1.165) is 0 Å². The Morgan fingerprint density at radius 1 is 1.48 bits per heavy atom. The molecule has 3 aliphatic rings. The summed E-state index contributed by atoms with van der Waals surface area (Å²) < 4.78 is 11.0. The first-order valence-corrected chi connectivity index (χ1v) is 8.62. The molecule has 7 heteroatoms. The minimum absolute atomic E-state index is 0.0428. The molecular weight excluding hydrogens is 328 g/mol. The summed E-state index contributed by atoms with van der Waals surface area (Å²) in [5.74, 6) is -3.16. The van der Waals surface area contributed by atoms with E-state index >= 15 is 0 Å². The van der Waals surface area contributed by atoms with Crippen LogP contribution in [0.15, 0.2) is 12.2 Å². The SMILES string of the molecule is C=C1C(=O)O[C@H]2[C@H]1[C@@H](OC(=O)C(C)CO)C[C@@]1(C)[C@H](O)CCC(=O)[C@H]21. The molecule has 138 valence electrons. The lowest BCUT2D eigenvalue weighted by atomic mass is 9.54. The van der Waals surface area contributed by atoms with E-state index in [9.17, 15) is 19.5 Å². The van der Waals surface area contributed by atoms with Gasteiger partial charge in [0.15, 0.2) is 0 Å². The van der Waals surface area contributed by atoms with Crippen LogP contribution in [0.2, 0.25) is 0 Å². The molecule has 1 saturated heterocycles. The van der Waals surface area contributed by atoms with Crippen molar-refractivity contribution in [2.75, 3.05) is 6.61 Å². The maximum absolute atomic E-state index is 12.5. The van der Waals surface area contributed by atoms with Crippen molar-refractivity contribution in [3.8, 4) is 0 Å². The van der Waals surface area contributed by atoms with Gasteiger partial charge in [-0.25, -0.2) is 4.79 Å². The molecule has 0 aromatic carbocycles. The molecule has 25 heavy (non-hydrogen) atoms. The van der Waals surface area contributed by atoms with Crippen LogP contribution in [-0.2, 0) is 23.9 Å². The van der Waals surface area contributed by atoms with Crippen molar-refractivity contribution in [3.05, 3.63) is 12.2 Å². The van der Waals surface area contributed by atoms with Crippen LogP contribution >= 0.6 is 0 Å². The predicted octanol–water partition coefficient (Wildman–Crippen LogP) is 0.374. The van der Waals surface area contributed by atoms with Crippen molar-refractivity contribution < 1.29 is 34.1 Å². The fourth-order valence-electron chi connectivity index (χ4n) is 4.49. The van der Waals surface area contributed by atoms with Gasteiger partial charge in [-0.2, -0.15) is 0 Å². The van der Waals surface area contributed by atoms with Gasteiger partial charge < -0.3 is 19.7 Å². The average Bonchev–Trinajstić information content (AvgIpc) is 2.85. The molecule has 0 bridgehead atoms. The van der Waals surface area contributed by atoms with Crippen molar-refractivity contribution >= 4 is 17.7 Å². The van der Waals surface area contributed by atoms with E-state index in [1.807, 2.05) is 0 Å². The number of hydrogen-bond acceptors (Lipinski definition) is 7. The van der Waals surface area contributed by atoms with Crippen LogP contribution in [0.5, 0.6) is 0 Å². The zero-order valence-electron chi connectivity index (χ0n) is 14.4. The minimum atomic E-state index is -0.838. The summed E-state index contributed by atoms with van der Waals surface area (Å²) >= 11 is 0. The fraction of sp³-hybridized carbons (Fsp3) is 0.722. The first-order chi connectivity index (χ1) is 11.7. The third kappa shape index (κ3) is 2.69. The molecular formula is C18H24O7. The highest BCUT2D eigenvalue weighted by atomic mass is 16.6. The summed E-state index contributed by atoms with van der Waals surface area (Å²) in [6, 6.07) is 0. The van der Waals surface area contributed by atoms with Gasteiger partial charge in [0.05, 0.1) is 30.5 Å². The number of carbonyl (C=O) groups excluding carboxylic acids is 3. The number of fused-ring (bicyclic) bond motifs is 3. The van der Waals surface area contributed by atoms with Gasteiger partial charge in [-0.3, -0.25) is 9.59 Å². The minimum Gasteiger partial charge on any atom is -0.461 e. The Morgan fingerprint density at radius 3 is 2.80 bits per heavy atom. The molecule has 3 rings (SSSR count). The van der Waals surface area contributed by atoms with E-state index in [1.54, 1.807) is 6.92 Å². The van der Waals surface area contributed by atoms with Crippen LogP contribution in [0, 0.1) is 23.2 Å². The zero-order chi connectivity index (χ0) is 18.5. The molecule has 7 nitrogen and oxygen atoms in total. The maximum atomic E-state index is 12.5. The van der Waals surface area contributed by atoms with Crippen LogP contribution in [0.3, 0.4) is 0 Å². The second-order valence-corrected chi connectivity index (χ2v) is 7.69. The van der Waals surface area contributed by atoms with Crippen molar-refractivity contribution in [2.45, 2.75) is 51.4 Å². The number of hydrogen-bond donors (Lipinski definition) is 2. The summed E-state index contributed by atoms with van der Waals surface area (Å²) in [6.07, 6.45) is -1.44. The summed E-state index contributed by atoms with van der Waals surface area (Å²) in [4.78, 5) is 36.8. The molecule has 0 radical (unpaired) electrons. The molecule has 0 amide bonds. The Morgan fingerprint density at radius 2 is 2.16 bits per heavy atom. The average molecular weight is 352 g/mol. The lowest BCUT2D eigenvalue weighted by Gasteiger charge is -2.52. The molecule has 7 atom stereocenters. The molecule has 2 aliphatic carbocycles. The number of esters is 2. The summed E-state index contributed by atoms with van der Waals surface area (Å²) in [7, 11) is 0. The van der Waals surface area contributed by atoms with Gasteiger partial charge in [0.2, 0.25) is 0 Å². The fourth-order valence-corrected chi connectivity index (χ4v) is 4.49. The highest BCUT2D eigenvalue weighted by Gasteiger charge is 2.64. The topological polar surface area (TPSA) is 110 Å². The first kappa shape index (κ1) is 18.1. The number of aliphatic hydroxyl groups excluding tert-OH is 2. The van der Waals surface area contributed by atoms with E-state index in [-0.39, 0.29) is 30.8 Å². The van der Waals surface area contributed by atoms with E-state index in [2.05, 4.69) is 6.58 Å². The quantitative estimate of drug-likeness (QED) is 0.558. The standard InChI is InChI=1S/C18H24O7/c1-8(7-19)16(22)24-11-6-18(3)12(21)5-4-10(20)14(18)15-13(11)9(2)17(23)25-15/h8,11-15,19,21H,2,4-7H2,1,3H3/t8?,11-,12+,13+,14+,15-,18-/m0/s1. The molecule has 1 heterocycles. The molecule has 0 spiro atoms. The lowest BCUT2D eigenvalue weighted by molar-refractivity contribution is -0.190.